The molecule has 0 bridgehead atoms. The Morgan fingerprint density at radius 1 is 1.10 bits per heavy atom. The minimum Gasteiger partial charge on any atom is -0.348 e. The number of hydrogen-bond donors (Lipinski definition) is 1. The SMILES string of the molecule is CC1CCCCCC1NC1CCN(CC(=O)N(C)C)CC1. The van der Waals surface area contributed by atoms with Gasteiger partial charge in [0.15, 0.2) is 0 Å². The van der Waals surface area contributed by atoms with Gasteiger partial charge >= 0.3 is 0 Å². The number of rotatable bonds is 4. The topological polar surface area (TPSA) is 35.6 Å². The van der Waals surface area contributed by atoms with Crippen molar-refractivity contribution in [1.82, 2.24) is 15.1 Å². The summed E-state index contributed by atoms with van der Waals surface area (Å²) in [5.41, 5.74) is 0. The standard InChI is InChI=1S/C17H33N3O/c1-14-7-5-4-6-8-16(14)18-15-9-11-20(12-10-15)13-17(21)19(2)3/h14-16,18H,4-13H2,1-3H3. The number of likely N-dealkylation sites (N-methyl/N-ethyl adjacent to an activating group) is 1. The van der Waals surface area contributed by atoms with Crippen molar-refractivity contribution < 1.29 is 4.79 Å². The fraction of sp³-hybridized carbons (Fsp3) is 0.941. The third-order valence-corrected chi connectivity index (χ3v) is 5.26. The Morgan fingerprint density at radius 3 is 2.43 bits per heavy atom. The van der Waals surface area contributed by atoms with E-state index >= 15 is 0 Å². The van der Waals surface area contributed by atoms with E-state index in [1.54, 1.807) is 4.90 Å². The van der Waals surface area contributed by atoms with Gasteiger partial charge in [-0.05, 0) is 31.6 Å². The average Bonchev–Trinajstić information content (AvgIpc) is 2.66. The van der Waals surface area contributed by atoms with Gasteiger partial charge in [0, 0.05) is 39.3 Å². The number of piperidine rings is 1. The molecule has 21 heavy (non-hydrogen) atoms. The zero-order chi connectivity index (χ0) is 15.2. The van der Waals surface area contributed by atoms with Gasteiger partial charge in [-0.25, -0.2) is 0 Å². The zero-order valence-corrected chi connectivity index (χ0v) is 14.1. The molecule has 4 heteroatoms. The third kappa shape index (κ3) is 5.26. The van der Waals surface area contributed by atoms with E-state index in [2.05, 4.69) is 17.1 Å². The lowest BCUT2D eigenvalue weighted by atomic mass is 9.94. The molecule has 122 valence electrons. The minimum absolute atomic E-state index is 0.221. The van der Waals surface area contributed by atoms with Crippen LogP contribution in [0.2, 0.25) is 0 Å². The first kappa shape index (κ1) is 16.8. The summed E-state index contributed by atoms with van der Waals surface area (Å²) in [5.74, 6) is 1.04. The van der Waals surface area contributed by atoms with Crippen LogP contribution in [0, 0.1) is 5.92 Å². The van der Waals surface area contributed by atoms with Crippen LogP contribution < -0.4 is 5.32 Å². The highest BCUT2D eigenvalue weighted by atomic mass is 16.2. The first-order chi connectivity index (χ1) is 10.1. The van der Waals surface area contributed by atoms with E-state index in [4.69, 9.17) is 0 Å². The van der Waals surface area contributed by atoms with Gasteiger partial charge in [0.2, 0.25) is 5.91 Å². The Kier molecular flexibility index (Phi) is 6.49. The van der Waals surface area contributed by atoms with E-state index in [9.17, 15) is 4.79 Å². The van der Waals surface area contributed by atoms with E-state index in [1.165, 1.54) is 44.9 Å². The highest BCUT2D eigenvalue weighted by Crippen LogP contribution is 2.24. The second kappa shape index (κ2) is 8.14. The Labute approximate surface area is 130 Å². The first-order valence-electron chi connectivity index (χ1n) is 8.75. The van der Waals surface area contributed by atoms with Crippen molar-refractivity contribution in [2.45, 2.75) is 64.0 Å². The molecule has 0 spiro atoms. The minimum atomic E-state index is 0.221. The van der Waals surface area contributed by atoms with Gasteiger partial charge in [-0.15, -0.1) is 0 Å². The Morgan fingerprint density at radius 2 is 1.76 bits per heavy atom. The summed E-state index contributed by atoms with van der Waals surface area (Å²) in [7, 11) is 3.67. The van der Waals surface area contributed by atoms with Crippen LogP contribution in [0.4, 0.5) is 0 Å². The van der Waals surface area contributed by atoms with E-state index in [0.29, 0.717) is 18.6 Å². The molecule has 4 nitrogen and oxygen atoms in total. The molecule has 0 aromatic carbocycles. The van der Waals surface area contributed by atoms with Crippen LogP contribution in [-0.4, -0.2) is 61.5 Å². The summed E-state index contributed by atoms with van der Waals surface area (Å²) in [6.07, 6.45) is 9.30. The van der Waals surface area contributed by atoms with Crippen LogP contribution in [0.5, 0.6) is 0 Å². The van der Waals surface area contributed by atoms with Crippen LogP contribution in [-0.2, 0) is 4.79 Å². The van der Waals surface area contributed by atoms with Crippen LogP contribution in [0.15, 0.2) is 0 Å². The number of amides is 1. The van der Waals surface area contributed by atoms with Gasteiger partial charge in [-0.2, -0.15) is 0 Å². The van der Waals surface area contributed by atoms with Gasteiger partial charge in [-0.3, -0.25) is 9.69 Å². The number of nitrogens with zero attached hydrogens (tertiary/aromatic N) is 2. The molecule has 2 rings (SSSR count). The van der Waals surface area contributed by atoms with Gasteiger partial charge < -0.3 is 10.2 Å². The summed E-state index contributed by atoms with van der Waals surface area (Å²) in [6, 6.07) is 1.37. The van der Waals surface area contributed by atoms with E-state index in [0.717, 1.165) is 19.0 Å². The maximum atomic E-state index is 11.8. The van der Waals surface area contributed by atoms with Gasteiger partial charge in [-0.1, -0.05) is 26.2 Å². The van der Waals surface area contributed by atoms with Crippen LogP contribution in [0.25, 0.3) is 0 Å². The lowest BCUT2D eigenvalue weighted by molar-refractivity contribution is -0.130. The molecule has 1 aliphatic heterocycles. The van der Waals surface area contributed by atoms with Crippen molar-refractivity contribution in [3.63, 3.8) is 0 Å². The summed E-state index contributed by atoms with van der Waals surface area (Å²) in [5, 5.41) is 3.92. The largest absolute Gasteiger partial charge is 0.348 e. The summed E-state index contributed by atoms with van der Waals surface area (Å²) in [6.45, 7) is 5.10. The number of likely N-dealkylation sites (tertiary alicyclic amines) is 1. The monoisotopic (exact) mass is 295 g/mol. The molecule has 2 aliphatic rings. The van der Waals surface area contributed by atoms with Crippen LogP contribution in [0.3, 0.4) is 0 Å². The highest BCUT2D eigenvalue weighted by Gasteiger charge is 2.26. The van der Waals surface area contributed by atoms with Crippen molar-refractivity contribution in [3.05, 3.63) is 0 Å². The van der Waals surface area contributed by atoms with Crippen LogP contribution >= 0.6 is 0 Å². The molecule has 1 N–H and O–H groups in total. The first-order valence-corrected chi connectivity index (χ1v) is 8.75. The molecule has 0 radical (unpaired) electrons. The summed E-state index contributed by atoms with van der Waals surface area (Å²) < 4.78 is 0. The van der Waals surface area contributed by atoms with Crippen molar-refractivity contribution in [2.24, 2.45) is 5.92 Å². The molecule has 2 fully saturated rings. The molecule has 2 atom stereocenters. The van der Waals surface area contributed by atoms with Crippen molar-refractivity contribution >= 4 is 5.91 Å². The molecular weight excluding hydrogens is 262 g/mol. The lowest BCUT2D eigenvalue weighted by Gasteiger charge is -2.35. The molecule has 1 amide bonds. The molecule has 1 saturated heterocycles. The summed E-state index contributed by atoms with van der Waals surface area (Å²) >= 11 is 0. The predicted molar refractivity (Wildman–Crippen MR) is 87.3 cm³/mol. The molecular formula is C17H33N3O. The zero-order valence-electron chi connectivity index (χ0n) is 14.1. The maximum Gasteiger partial charge on any atom is 0.236 e. The number of nitrogens with one attached hydrogen (secondary N) is 1. The maximum absolute atomic E-state index is 11.8. The van der Waals surface area contributed by atoms with Gasteiger partial charge in [0.25, 0.3) is 0 Å². The van der Waals surface area contributed by atoms with Crippen molar-refractivity contribution in [3.8, 4) is 0 Å². The fourth-order valence-electron chi connectivity index (χ4n) is 3.63. The normalized spacial score (nSPS) is 29.1. The van der Waals surface area contributed by atoms with Crippen LogP contribution in [0.1, 0.15) is 51.9 Å². The second-order valence-corrected chi connectivity index (χ2v) is 7.23. The quantitative estimate of drug-likeness (QED) is 0.807. The lowest BCUT2D eigenvalue weighted by Crippen LogP contribution is -2.49. The number of carbonyl (C=O) groups excluding carboxylic acids is 1. The Hall–Kier alpha value is -0.610. The smallest absolute Gasteiger partial charge is 0.236 e. The third-order valence-electron chi connectivity index (χ3n) is 5.26. The Balaban J connectivity index is 1.72. The van der Waals surface area contributed by atoms with Gasteiger partial charge in [0.05, 0.1) is 6.54 Å². The molecule has 2 unspecified atom stereocenters. The van der Waals surface area contributed by atoms with Gasteiger partial charge in [0.1, 0.15) is 0 Å². The molecule has 1 aliphatic carbocycles. The fourth-order valence-corrected chi connectivity index (χ4v) is 3.63. The van der Waals surface area contributed by atoms with E-state index < -0.39 is 0 Å². The predicted octanol–water partition coefficient (Wildman–Crippen LogP) is 2.10. The molecule has 1 saturated carbocycles. The highest BCUT2D eigenvalue weighted by molar-refractivity contribution is 5.77. The average molecular weight is 295 g/mol. The van der Waals surface area contributed by atoms with E-state index in [-0.39, 0.29) is 5.91 Å². The van der Waals surface area contributed by atoms with E-state index in [1.807, 2.05) is 14.1 Å². The number of carbonyl (C=O) groups is 1. The van der Waals surface area contributed by atoms with Crippen molar-refractivity contribution in [1.29, 1.82) is 0 Å². The Bertz CT molecular complexity index is 324. The number of hydrogen-bond acceptors (Lipinski definition) is 3. The molecule has 0 aromatic rings. The second-order valence-electron chi connectivity index (χ2n) is 7.23. The summed E-state index contributed by atoms with van der Waals surface area (Å²) in [4.78, 5) is 15.8. The molecule has 0 aromatic heterocycles. The molecule has 1 heterocycles. The van der Waals surface area contributed by atoms with Crippen molar-refractivity contribution in [2.75, 3.05) is 33.7 Å².